The van der Waals surface area contributed by atoms with E-state index in [2.05, 4.69) is 10.2 Å². The number of hydrogen-bond acceptors (Lipinski definition) is 4. The molecule has 1 unspecified atom stereocenters. The zero-order valence-corrected chi connectivity index (χ0v) is 17.9. The highest BCUT2D eigenvalue weighted by molar-refractivity contribution is 5.81. The molecule has 2 amide bonds. The van der Waals surface area contributed by atoms with Crippen LogP contribution in [0, 0.1) is 12.8 Å². The van der Waals surface area contributed by atoms with Crippen molar-refractivity contribution >= 4 is 11.8 Å². The summed E-state index contributed by atoms with van der Waals surface area (Å²) in [5.41, 5.74) is 1.15. The Morgan fingerprint density at radius 1 is 1.14 bits per heavy atom. The van der Waals surface area contributed by atoms with Gasteiger partial charge in [-0.1, -0.05) is 31.4 Å². The van der Waals surface area contributed by atoms with Gasteiger partial charge in [0, 0.05) is 32.1 Å². The molecule has 3 rings (SSSR count). The molecule has 1 heterocycles. The number of ether oxygens (including phenoxy) is 1. The molecule has 2 aliphatic rings. The predicted octanol–water partition coefficient (Wildman–Crippen LogP) is 2.60. The van der Waals surface area contributed by atoms with Crippen molar-refractivity contribution in [3.05, 3.63) is 29.8 Å². The molecule has 1 aliphatic carbocycles. The second-order valence-corrected chi connectivity index (χ2v) is 8.33. The van der Waals surface area contributed by atoms with Gasteiger partial charge in [-0.3, -0.25) is 14.5 Å². The maximum Gasteiger partial charge on any atom is 0.237 e. The van der Waals surface area contributed by atoms with E-state index >= 15 is 0 Å². The smallest absolute Gasteiger partial charge is 0.237 e. The van der Waals surface area contributed by atoms with Gasteiger partial charge in [0.15, 0.2) is 0 Å². The van der Waals surface area contributed by atoms with Crippen LogP contribution >= 0.6 is 0 Å². The minimum atomic E-state index is -0.194. The van der Waals surface area contributed by atoms with Crippen LogP contribution < -0.4 is 10.1 Å². The zero-order valence-electron chi connectivity index (χ0n) is 17.9. The minimum Gasteiger partial charge on any atom is -0.492 e. The molecule has 2 fully saturated rings. The maximum absolute atomic E-state index is 12.7. The number of carbonyl (C=O) groups is 2. The molecule has 0 aromatic heterocycles. The molecule has 6 heteroatoms. The molecule has 0 spiro atoms. The van der Waals surface area contributed by atoms with Crippen molar-refractivity contribution in [2.45, 2.75) is 52.0 Å². The summed E-state index contributed by atoms with van der Waals surface area (Å²) >= 11 is 0. The highest BCUT2D eigenvalue weighted by atomic mass is 16.5. The number of nitrogens with one attached hydrogen (secondary N) is 1. The van der Waals surface area contributed by atoms with Crippen LogP contribution in [0.25, 0.3) is 0 Å². The Labute approximate surface area is 174 Å². The number of nitrogens with zero attached hydrogens (tertiary/aromatic N) is 2. The van der Waals surface area contributed by atoms with Gasteiger partial charge in [-0.15, -0.1) is 0 Å². The van der Waals surface area contributed by atoms with Crippen molar-refractivity contribution in [1.29, 1.82) is 0 Å². The van der Waals surface area contributed by atoms with Crippen molar-refractivity contribution in [3.8, 4) is 5.75 Å². The predicted molar refractivity (Wildman–Crippen MR) is 114 cm³/mol. The van der Waals surface area contributed by atoms with Gasteiger partial charge in [-0.05, 0) is 44.4 Å². The summed E-state index contributed by atoms with van der Waals surface area (Å²) in [6, 6.07) is 7.70. The molecule has 1 N–H and O–H groups in total. The molecule has 1 aliphatic heterocycles. The molecular weight excluding hydrogens is 366 g/mol. The van der Waals surface area contributed by atoms with E-state index < -0.39 is 0 Å². The fourth-order valence-electron chi connectivity index (χ4n) is 4.30. The van der Waals surface area contributed by atoms with Crippen LogP contribution in [-0.2, 0) is 9.59 Å². The normalized spacial score (nSPS) is 19.6. The van der Waals surface area contributed by atoms with Crippen LogP contribution in [-0.4, -0.2) is 67.0 Å². The number of amides is 2. The molecule has 0 bridgehead atoms. The molecular formula is C23H35N3O3. The third-order valence-electron chi connectivity index (χ3n) is 6.17. The Morgan fingerprint density at radius 3 is 2.55 bits per heavy atom. The first-order valence-electron chi connectivity index (χ1n) is 11.0. The fourth-order valence-corrected chi connectivity index (χ4v) is 4.30. The van der Waals surface area contributed by atoms with Crippen LogP contribution in [0.3, 0.4) is 0 Å². The highest BCUT2D eigenvalue weighted by Gasteiger charge is 2.31. The molecule has 29 heavy (non-hydrogen) atoms. The molecule has 1 saturated carbocycles. The van der Waals surface area contributed by atoms with Gasteiger partial charge in [-0.25, -0.2) is 0 Å². The van der Waals surface area contributed by atoms with E-state index in [1.165, 1.54) is 19.3 Å². The van der Waals surface area contributed by atoms with Gasteiger partial charge in [-0.2, -0.15) is 0 Å². The monoisotopic (exact) mass is 401 g/mol. The summed E-state index contributed by atoms with van der Waals surface area (Å²) in [7, 11) is 0. The van der Waals surface area contributed by atoms with Crippen LogP contribution in [0.2, 0.25) is 0 Å². The first kappa shape index (κ1) is 21.6. The Balaban J connectivity index is 1.35. The lowest BCUT2D eigenvalue weighted by Gasteiger charge is -2.39. The number of carbonyl (C=O) groups excluding carboxylic acids is 2. The Hall–Kier alpha value is -2.08. The topological polar surface area (TPSA) is 61.9 Å². The summed E-state index contributed by atoms with van der Waals surface area (Å²) in [6.07, 6.45) is 5.72. The second-order valence-electron chi connectivity index (χ2n) is 8.33. The van der Waals surface area contributed by atoms with Crippen LogP contribution in [0.15, 0.2) is 24.3 Å². The van der Waals surface area contributed by atoms with Gasteiger partial charge in [0.2, 0.25) is 11.8 Å². The number of rotatable bonds is 7. The first-order chi connectivity index (χ1) is 14.0. The Bertz CT molecular complexity index is 680. The summed E-state index contributed by atoms with van der Waals surface area (Å²) in [4.78, 5) is 29.3. The average molecular weight is 402 g/mol. The first-order valence-corrected chi connectivity index (χ1v) is 11.0. The van der Waals surface area contributed by atoms with E-state index in [-0.39, 0.29) is 17.9 Å². The minimum absolute atomic E-state index is 0.0184. The number of benzene rings is 1. The lowest BCUT2D eigenvalue weighted by Crippen LogP contribution is -2.56. The van der Waals surface area contributed by atoms with E-state index in [4.69, 9.17) is 4.74 Å². The van der Waals surface area contributed by atoms with Crippen LogP contribution in [0.4, 0.5) is 0 Å². The highest BCUT2D eigenvalue weighted by Crippen LogP contribution is 2.26. The summed E-state index contributed by atoms with van der Waals surface area (Å²) in [6.45, 7) is 7.86. The molecule has 1 atom stereocenters. The van der Waals surface area contributed by atoms with E-state index in [0.717, 1.165) is 50.3 Å². The Kier molecular flexibility index (Phi) is 7.92. The van der Waals surface area contributed by atoms with Gasteiger partial charge in [0.1, 0.15) is 12.4 Å². The summed E-state index contributed by atoms with van der Waals surface area (Å²) < 4.78 is 5.69. The van der Waals surface area contributed by atoms with Crippen LogP contribution in [0.1, 0.15) is 44.6 Å². The largest absolute Gasteiger partial charge is 0.492 e. The standard InChI is InChI=1S/C23H35N3O3/c1-18-7-6-10-21(17-18)29-16-11-24-22(27)19(2)25-12-14-26(15-13-25)23(28)20-8-4-3-5-9-20/h6-7,10,17,19-20H,3-5,8-9,11-16H2,1-2H3,(H,24,27). The van der Waals surface area contributed by atoms with Crippen molar-refractivity contribution < 1.29 is 14.3 Å². The molecule has 1 aromatic carbocycles. The molecule has 0 radical (unpaired) electrons. The van der Waals surface area contributed by atoms with Gasteiger partial charge in [0.05, 0.1) is 12.6 Å². The lowest BCUT2D eigenvalue weighted by atomic mass is 9.88. The van der Waals surface area contributed by atoms with E-state index in [1.807, 2.05) is 43.0 Å². The second kappa shape index (κ2) is 10.6. The maximum atomic E-state index is 12.7. The Morgan fingerprint density at radius 2 is 1.86 bits per heavy atom. The van der Waals surface area contributed by atoms with E-state index in [9.17, 15) is 9.59 Å². The molecule has 160 valence electrons. The van der Waals surface area contributed by atoms with Crippen molar-refractivity contribution in [2.75, 3.05) is 39.3 Å². The van der Waals surface area contributed by atoms with Crippen molar-refractivity contribution in [2.24, 2.45) is 5.92 Å². The number of aryl methyl sites for hydroxylation is 1. The van der Waals surface area contributed by atoms with Crippen molar-refractivity contribution in [3.63, 3.8) is 0 Å². The summed E-state index contributed by atoms with van der Waals surface area (Å²) in [5, 5.41) is 2.96. The van der Waals surface area contributed by atoms with Crippen LogP contribution in [0.5, 0.6) is 5.75 Å². The number of hydrogen-bond donors (Lipinski definition) is 1. The van der Waals surface area contributed by atoms with Gasteiger partial charge in [0.25, 0.3) is 0 Å². The lowest BCUT2D eigenvalue weighted by molar-refractivity contribution is -0.139. The third kappa shape index (κ3) is 6.20. The summed E-state index contributed by atoms with van der Waals surface area (Å²) in [5.74, 6) is 1.40. The molecule has 6 nitrogen and oxygen atoms in total. The molecule has 1 aromatic rings. The average Bonchev–Trinajstić information content (AvgIpc) is 2.76. The van der Waals surface area contributed by atoms with Crippen molar-refractivity contribution in [1.82, 2.24) is 15.1 Å². The quantitative estimate of drug-likeness (QED) is 0.714. The fraction of sp³-hybridized carbons (Fsp3) is 0.652. The van der Waals surface area contributed by atoms with Gasteiger partial charge < -0.3 is 15.0 Å². The number of piperazine rings is 1. The third-order valence-corrected chi connectivity index (χ3v) is 6.17. The zero-order chi connectivity index (χ0) is 20.6. The van der Waals surface area contributed by atoms with E-state index in [0.29, 0.717) is 19.1 Å². The van der Waals surface area contributed by atoms with Gasteiger partial charge >= 0.3 is 0 Å². The molecule has 1 saturated heterocycles. The van der Waals surface area contributed by atoms with E-state index in [1.54, 1.807) is 0 Å². The SMILES string of the molecule is Cc1cccc(OCCNC(=O)C(C)N2CCN(C(=O)C3CCCCC3)CC2)c1.